The van der Waals surface area contributed by atoms with Crippen LogP contribution in [0.3, 0.4) is 0 Å². The molecule has 26 heavy (non-hydrogen) atoms. The van der Waals surface area contributed by atoms with E-state index in [0.29, 0.717) is 18.5 Å². The van der Waals surface area contributed by atoms with E-state index in [9.17, 15) is 13.2 Å². The maximum Gasteiger partial charge on any atom is 0.254 e. The van der Waals surface area contributed by atoms with Gasteiger partial charge in [0.05, 0.1) is 11.5 Å². The molecule has 1 saturated heterocycles. The normalized spacial score (nSPS) is 21.5. The highest BCUT2D eigenvalue weighted by molar-refractivity contribution is 7.91. The molecule has 2 heterocycles. The summed E-state index contributed by atoms with van der Waals surface area (Å²) >= 11 is 0. The number of rotatable bonds is 4. The van der Waals surface area contributed by atoms with Crippen LogP contribution in [-0.4, -0.2) is 48.3 Å². The second kappa shape index (κ2) is 6.58. The molecular formula is C20H24N2O3S. The highest BCUT2D eigenvalue weighted by Crippen LogP contribution is 2.30. The molecule has 138 valence electrons. The van der Waals surface area contributed by atoms with Crippen LogP contribution < -0.4 is 0 Å². The first kappa shape index (κ1) is 17.3. The summed E-state index contributed by atoms with van der Waals surface area (Å²) in [7, 11) is -3.05. The number of sulfone groups is 1. The van der Waals surface area contributed by atoms with Gasteiger partial charge < -0.3 is 9.88 Å². The first-order valence-electron chi connectivity index (χ1n) is 9.24. The molecule has 0 spiro atoms. The summed E-state index contributed by atoms with van der Waals surface area (Å²) in [5, 5.41) is 1.13. The molecule has 1 fully saturated rings. The molecule has 5 nitrogen and oxygen atoms in total. The third-order valence-corrected chi connectivity index (χ3v) is 7.33. The van der Waals surface area contributed by atoms with Gasteiger partial charge in [-0.25, -0.2) is 8.42 Å². The van der Waals surface area contributed by atoms with Gasteiger partial charge in [-0.05, 0) is 55.9 Å². The van der Waals surface area contributed by atoms with Gasteiger partial charge in [-0.15, -0.1) is 6.58 Å². The van der Waals surface area contributed by atoms with Crippen molar-refractivity contribution in [1.29, 1.82) is 0 Å². The zero-order valence-electron chi connectivity index (χ0n) is 14.8. The van der Waals surface area contributed by atoms with Crippen LogP contribution in [0.15, 0.2) is 30.9 Å². The maximum absolute atomic E-state index is 13.1. The number of nitrogens with one attached hydrogen (secondary N) is 1. The Hall–Kier alpha value is -2.08. The van der Waals surface area contributed by atoms with Gasteiger partial charge in [0.2, 0.25) is 0 Å². The Labute approximate surface area is 154 Å². The summed E-state index contributed by atoms with van der Waals surface area (Å²) in [6, 6.07) is 5.52. The van der Waals surface area contributed by atoms with Gasteiger partial charge in [-0.3, -0.25) is 4.79 Å². The molecule has 1 N–H and O–H groups in total. The molecule has 1 amide bonds. The van der Waals surface area contributed by atoms with Gasteiger partial charge >= 0.3 is 0 Å². The van der Waals surface area contributed by atoms with Gasteiger partial charge in [-0.1, -0.05) is 6.08 Å². The van der Waals surface area contributed by atoms with E-state index in [0.717, 1.165) is 23.7 Å². The molecule has 0 saturated carbocycles. The van der Waals surface area contributed by atoms with Crippen molar-refractivity contribution in [2.24, 2.45) is 0 Å². The summed E-state index contributed by atoms with van der Waals surface area (Å²) < 4.78 is 23.7. The number of amides is 1. The van der Waals surface area contributed by atoms with Crippen molar-refractivity contribution in [2.45, 2.75) is 38.1 Å². The first-order chi connectivity index (χ1) is 12.5. The minimum atomic E-state index is -3.05. The number of hydrogen-bond acceptors (Lipinski definition) is 3. The summed E-state index contributed by atoms with van der Waals surface area (Å²) in [6.45, 7) is 4.10. The summed E-state index contributed by atoms with van der Waals surface area (Å²) in [5.74, 6) is 0.0942. The molecule has 0 bridgehead atoms. The van der Waals surface area contributed by atoms with Crippen LogP contribution in [0.25, 0.3) is 10.9 Å². The lowest BCUT2D eigenvalue weighted by atomic mass is 9.95. The quantitative estimate of drug-likeness (QED) is 0.839. The van der Waals surface area contributed by atoms with E-state index in [1.807, 2.05) is 18.2 Å². The first-order valence-corrected chi connectivity index (χ1v) is 11.1. The number of hydrogen-bond donors (Lipinski definition) is 1. The van der Waals surface area contributed by atoms with E-state index in [-0.39, 0.29) is 23.5 Å². The Kier molecular flexibility index (Phi) is 4.39. The minimum Gasteiger partial charge on any atom is -0.358 e. The van der Waals surface area contributed by atoms with Crippen molar-refractivity contribution in [2.75, 3.05) is 18.1 Å². The zero-order valence-corrected chi connectivity index (χ0v) is 15.6. The molecule has 1 atom stereocenters. The SMILES string of the molecule is C=CCN(C(=O)c1ccc2[nH]c3c(c2c1)CCCC3)[C@@H]1CCS(=O)(=O)C1. The van der Waals surface area contributed by atoms with Crippen molar-refractivity contribution in [1.82, 2.24) is 9.88 Å². The van der Waals surface area contributed by atoms with Crippen molar-refractivity contribution in [3.63, 3.8) is 0 Å². The van der Waals surface area contributed by atoms with Gasteiger partial charge in [0.1, 0.15) is 0 Å². The highest BCUT2D eigenvalue weighted by atomic mass is 32.2. The van der Waals surface area contributed by atoms with E-state index in [1.54, 1.807) is 11.0 Å². The van der Waals surface area contributed by atoms with Crippen LogP contribution in [-0.2, 0) is 22.7 Å². The molecule has 4 rings (SSSR count). The van der Waals surface area contributed by atoms with Crippen molar-refractivity contribution < 1.29 is 13.2 Å². The maximum atomic E-state index is 13.1. The lowest BCUT2D eigenvalue weighted by Gasteiger charge is -2.27. The average Bonchev–Trinajstić information content (AvgIpc) is 3.18. The van der Waals surface area contributed by atoms with E-state index in [1.165, 1.54) is 24.1 Å². The van der Waals surface area contributed by atoms with E-state index >= 15 is 0 Å². The lowest BCUT2D eigenvalue weighted by Crippen LogP contribution is -2.41. The van der Waals surface area contributed by atoms with Crippen LogP contribution in [0.4, 0.5) is 0 Å². The molecule has 1 aromatic heterocycles. The van der Waals surface area contributed by atoms with Gasteiger partial charge in [0, 0.05) is 34.7 Å². The number of aromatic amines is 1. The molecule has 1 aromatic carbocycles. The fourth-order valence-electron chi connectivity index (χ4n) is 4.26. The molecule has 0 radical (unpaired) electrons. The number of H-pyrrole nitrogens is 1. The molecule has 1 aliphatic carbocycles. The minimum absolute atomic E-state index is 0.0500. The molecule has 6 heteroatoms. The topological polar surface area (TPSA) is 70.2 Å². The Morgan fingerprint density at radius 1 is 1.31 bits per heavy atom. The van der Waals surface area contributed by atoms with E-state index in [2.05, 4.69) is 11.6 Å². The van der Waals surface area contributed by atoms with Crippen molar-refractivity contribution in [3.8, 4) is 0 Å². The number of aromatic nitrogens is 1. The summed E-state index contributed by atoms with van der Waals surface area (Å²) in [4.78, 5) is 18.3. The van der Waals surface area contributed by atoms with Crippen molar-refractivity contribution >= 4 is 26.6 Å². The number of aryl methyl sites for hydroxylation is 2. The van der Waals surface area contributed by atoms with Crippen LogP contribution in [0.5, 0.6) is 0 Å². The second-order valence-corrected chi connectivity index (χ2v) is 9.58. The lowest BCUT2D eigenvalue weighted by molar-refractivity contribution is 0.0721. The van der Waals surface area contributed by atoms with Gasteiger partial charge in [0.15, 0.2) is 9.84 Å². The largest absolute Gasteiger partial charge is 0.358 e. The number of carbonyl (C=O) groups is 1. The predicted molar refractivity (Wildman–Crippen MR) is 103 cm³/mol. The Bertz CT molecular complexity index is 974. The fraction of sp³-hybridized carbons (Fsp3) is 0.450. The van der Waals surface area contributed by atoms with Gasteiger partial charge in [0.25, 0.3) is 5.91 Å². The Morgan fingerprint density at radius 2 is 2.12 bits per heavy atom. The van der Waals surface area contributed by atoms with Crippen molar-refractivity contribution in [3.05, 3.63) is 47.7 Å². The standard InChI is InChI=1S/C20H24N2O3S/c1-2-10-22(15-9-11-26(24,25)13-15)20(23)14-7-8-19-17(12-14)16-5-3-4-6-18(16)21-19/h2,7-8,12,15,21H,1,3-6,9-11,13H2/t15-/m1/s1. The third kappa shape index (κ3) is 3.07. The van der Waals surface area contributed by atoms with E-state index in [4.69, 9.17) is 0 Å². The smallest absolute Gasteiger partial charge is 0.254 e. The molecule has 2 aliphatic rings. The van der Waals surface area contributed by atoms with Gasteiger partial charge in [-0.2, -0.15) is 0 Å². The Balaban J connectivity index is 1.68. The molecular weight excluding hydrogens is 348 g/mol. The monoisotopic (exact) mass is 372 g/mol. The third-order valence-electron chi connectivity index (χ3n) is 5.58. The average molecular weight is 372 g/mol. The number of carbonyl (C=O) groups excluding carboxylic acids is 1. The number of fused-ring (bicyclic) bond motifs is 3. The van der Waals surface area contributed by atoms with Crippen LogP contribution in [0, 0.1) is 0 Å². The number of benzene rings is 1. The van der Waals surface area contributed by atoms with Crippen LogP contribution in [0.1, 0.15) is 40.9 Å². The highest BCUT2D eigenvalue weighted by Gasteiger charge is 2.34. The van der Waals surface area contributed by atoms with Crippen LogP contribution >= 0.6 is 0 Å². The molecule has 2 aromatic rings. The van der Waals surface area contributed by atoms with E-state index < -0.39 is 9.84 Å². The predicted octanol–water partition coefficient (Wildman–Crippen LogP) is 2.86. The van der Waals surface area contributed by atoms with Crippen LogP contribution in [0.2, 0.25) is 0 Å². The second-order valence-electron chi connectivity index (χ2n) is 7.35. The fourth-order valence-corrected chi connectivity index (χ4v) is 5.99. The molecule has 1 aliphatic heterocycles. The zero-order chi connectivity index (χ0) is 18.3. The molecule has 0 unspecified atom stereocenters. The summed E-state index contributed by atoms with van der Waals surface area (Å²) in [5.41, 5.74) is 4.32. The number of nitrogens with zero attached hydrogens (tertiary/aromatic N) is 1. The summed E-state index contributed by atoms with van der Waals surface area (Å²) in [6.07, 6.45) is 6.67. The Morgan fingerprint density at radius 3 is 2.85 bits per heavy atom.